The molecule has 0 radical (unpaired) electrons. The van der Waals surface area contributed by atoms with E-state index in [9.17, 15) is 18.0 Å². The Hall–Kier alpha value is -1.15. The van der Waals surface area contributed by atoms with Crippen LogP contribution in [0.3, 0.4) is 0 Å². The van der Waals surface area contributed by atoms with Gasteiger partial charge in [-0.3, -0.25) is 9.59 Å². The molecular weight excluding hydrogens is 272 g/mol. The van der Waals surface area contributed by atoms with Crippen molar-refractivity contribution in [3.63, 3.8) is 0 Å². The second-order valence-corrected chi connectivity index (χ2v) is 7.29. The van der Waals surface area contributed by atoms with Crippen LogP contribution in [0.2, 0.25) is 0 Å². The number of amides is 1. The van der Waals surface area contributed by atoms with Crippen molar-refractivity contribution in [3.05, 3.63) is 0 Å². The van der Waals surface area contributed by atoms with E-state index in [1.807, 2.05) is 0 Å². The molecule has 3 atom stereocenters. The molecule has 0 aromatic heterocycles. The lowest BCUT2D eigenvalue weighted by Gasteiger charge is -2.26. The molecule has 0 aliphatic carbocycles. The van der Waals surface area contributed by atoms with E-state index in [0.717, 1.165) is 6.26 Å². The fraction of sp³-hybridized carbons (Fsp3) is 0.818. The van der Waals surface area contributed by atoms with Gasteiger partial charge in [0.2, 0.25) is 5.91 Å². The number of hydrogen-bond donors (Lipinski definition) is 2. The van der Waals surface area contributed by atoms with E-state index < -0.39 is 33.8 Å². The molecule has 0 aromatic rings. The van der Waals surface area contributed by atoms with Crippen LogP contribution in [0.5, 0.6) is 0 Å². The van der Waals surface area contributed by atoms with Gasteiger partial charge in [-0.2, -0.15) is 0 Å². The van der Waals surface area contributed by atoms with Crippen LogP contribution < -0.4 is 5.73 Å². The summed E-state index contributed by atoms with van der Waals surface area (Å²) >= 11 is 0. The monoisotopic (exact) mass is 292 g/mol. The SMILES string of the molecule is CC1C(C(=O)O)CCN1C(=O)C(N)CCS(C)(=O)=O. The van der Waals surface area contributed by atoms with Gasteiger partial charge >= 0.3 is 5.97 Å². The lowest BCUT2D eigenvalue weighted by molar-refractivity contribution is -0.143. The van der Waals surface area contributed by atoms with Crippen molar-refractivity contribution in [1.29, 1.82) is 0 Å². The number of sulfone groups is 1. The Morgan fingerprint density at radius 1 is 1.47 bits per heavy atom. The smallest absolute Gasteiger partial charge is 0.308 e. The summed E-state index contributed by atoms with van der Waals surface area (Å²) in [5.74, 6) is -2.02. The molecule has 1 aliphatic heterocycles. The normalized spacial score (nSPS) is 25.3. The molecule has 110 valence electrons. The summed E-state index contributed by atoms with van der Waals surface area (Å²) in [6.45, 7) is 2.02. The quantitative estimate of drug-likeness (QED) is 0.676. The van der Waals surface area contributed by atoms with Crippen molar-refractivity contribution in [2.24, 2.45) is 11.7 Å². The summed E-state index contributed by atoms with van der Waals surface area (Å²) < 4.78 is 22.1. The Labute approximate surface area is 112 Å². The number of nitrogens with zero attached hydrogens (tertiary/aromatic N) is 1. The van der Waals surface area contributed by atoms with Gasteiger partial charge in [0, 0.05) is 18.8 Å². The summed E-state index contributed by atoms with van der Waals surface area (Å²) in [6, 6.07) is -1.31. The van der Waals surface area contributed by atoms with E-state index in [-0.39, 0.29) is 18.1 Å². The molecule has 1 amide bonds. The van der Waals surface area contributed by atoms with Gasteiger partial charge < -0.3 is 15.7 Å². The van der Waals surface area contributed by atoms with Crippen LogP contribution in [0.1, 0.15) is 19.8 Å². The summed E-state index contributed by atoms with van der Waals surface area (Å²) in [7, 11) is -3.16. The first-order chi connectivity index (χ1) is 8.63. The highest BCUT2D eigenvalue weighted by Crippen LogP contribution is 2.25. The minimum absolute atomic E-state index is 0.0542. The van der Waals surface area contributed by atoms with Crippen molar-refractivity contribution >= 4 is 21.7 Å². The zero-order valence-electron chi connectivity index (χ0n) is 11.1. The maximum atomic E-state index is 12.1. The minimum Gasteiger partial charge on any atom is -0.481 e. The molecule has 0 bridgehead atoms. The number of carbonyl (C=O) groups excluding carboxylic acids is 1. The molecule has 1 rings (SSSR count). The lowest BCUT2D eigenvalue weighted by atomic mass is 10.0. The van der Waals surface area contributed by atoms with Crippen LogP contribution in [0.15, 0.2) is 0 Å². The summed E-state index contributed by atoms with van der Waals surface area (Å²) in [5, 5.41) is 8.98. The second kappa shape index (κ2) is 5.87. The molecule has 8 heteroatoms. The van der Waals surface area contributed by atoms with Crippen molar-refractivity contribution in [2.75, 3.05) is 18.6 Å². The first kappa shape index (κ1) is 15.9. The molecule has 1 saturated heterocycles. The maximum Gasteiger partial charge on any atom is 0.308 e. The van der Waals surface area contributed by atoms with E-state index in [4.69, 9.17) is 10.8 Å². The van der Waals surface area contributed by atoms with Crippen LogP contribution in [0.4, 0.5) is 0 Å². The number of carbonyl (C=O) groups is 2. The van der Waals surface area contributed by atoms with E-state index in [0.29, 0.717) is 13.0 Å². The number of aliphatic carboxylic acids is 1. The summed E-state index contributed by atoms with van der Waals surface area (Å²) in [6.07, 6.45) is 1.54. The highest BCUT2D eigenvalue weighted by molar-refractivity contribution is 7.90. The van der Waals surface area contributed by atoms with E-state index in [1.165, 1.54) is 4.90 Å². The molecule has 3 unspecified atom stereocenters. The van der Waals surface area contributed by atoms with Crippen LogP contribution in [0.25, 0.3) is 0 Å². The molecule has 1 aliphatic rings. The summed E-state index contributed by atoms with van der Waals surface area (Å²) in [5.41, 5.74) is 5.68. The third-order valence-corrected chi connectivity index (χ3v) is 4.45. The molecule has 0 aromatic carbocycles. The number of likely N-dealkylation sites (tertiary alicyclic amines) is 1. The number of rotatable bonds is 5. The topological polar surface area (TPSA) is 118 Å². The van der Waals surface area contributed by atoms with Crippen molar-refractivity contribution in [3.8, 4) is 0 Å². The van der Waals surface area contributed by atoms with Crippen LogP contribution in [0, 0.1) is 5.92 Å². The molecule has 19 heavy (non-hydrogen) atoms. The van der Waals surface area contributed by atoms with E-state index in [1.54, 1.807) is 6.92 Å². The van der Waals surface area contributed by atoms with E-state index in [2.05, 4.69) is 0 Å². The van der Waals surface area contributed by atoms with Gasteiger partial charge in [0.1, 0.15) is 9.84 Å². The molecular formula is C11H20N2O5S. The predicted octanol–water partition coefficient (Wildman–Crippen LogP) is -0.930. The third-order valence-electron chi connectivity index (χ3n) is 3.47. The van der Waals surface area contributed by atoms with Crippen LogP contribution in [-0.4, -0.2) is 60.9 Å². The number of carboxylic acids is 1. The van der Waals surface area contributed by atoms with Gasteiger partial charge in [-0.1, -0.05) is 0 Å². The average molecular weight is 292 g/mol. The number of nitrogens with two attached hydrogens (primary N) is 1. The predicted molar refractivity (Wildman–Crippen MR) is 69.2 cm³/mol. The summed E-state index contributed by atoms with van der Waals surface area (Å²) in [4.78, 5) is 24.4. The molecule has 3 N–H and O–H groups in total. The van der Waals surface area contributed by atoms with Gasteiger partial charge in [-0.05, 0) is 19.8 Å². The Bertz CT molecular complexity index is 462. The van der Waals surface area contributed by atoms with Crippen molar-refractivity contribution in [1.82, 2.24) is 4.90 Å². The molecule has 1 fully saturated rings. The molecule has 0 saturated carbocycles. The standard InChI is InChI=1S/C11H20N2O5S/c1-7-8(11(15)16)3-5-13(7)10(14)9(12)4-6-19(2,17)18/h7-9H,3-6,12H2,1-2H3,(H,15,16). The molecule has 1 heterocycles. The Balaban J connectivity index is 2.61. The van der Waals surface area contributed by atoms with Crippen LogP contribution >= 0.6 is 0 Å². The van der Waals surface area contributed by atoms with Gasteiger partial charge in [-0.25, -0.2) is 8.42 Å². The fourth-order valence-corrected chi connectivity index (χ4v) is 2.94. The van der Waals surface area contributed by atoms with E-state index >= 15 is 0 Å². The number of hydrogen-bond acceptors (Lipinski definition) is 5. The van der Waals surface area contributed by atoms with Gasteiger partial charge in [0.05, 0.1) is 17.7 Å². The largest absolute Gasteiger partial charge is 0.481 e. The fourth-order valence-electron chi connectivity index (χ4n) is 2.26. The maximum absolute atomic E-state index is 12.1. The van der Waals surface area contributed by atoms with Crippen molar-refractivity contribution < 1.29 is 23.1 Å². The lowest BCUT2D eigenvalue weighted by Crippen LogP contribution is -2.47. The van der Waals surface area contributed by atoms with Crippen LogP contribution in [-0.2, 0) is 19.4 Å². The first-order valence-electron chi connectivity index (χ1n) is 6.10. The average Bonchev–Trinajstić information content (AvgIpc) is 2.66. The number of carboxylic acid groups (broad SMARTS) is 1. The molecule has 7 nitrogen and oxygen atoms in total. The highest BCUT2D eigenvalue weighted by atomic mass is 32.2. The van der Waals surface area contributed by atoms with Crippen molar-refractivity contribution in [2.45, 2.75) is 31.8 Å². The highest BCUT2D eigenvalue weighted by Gasteiger charge is 2.39. The zero-order valence-corrected chi connectivity index (χ0v) is 11.9. The Morgan fingerprint density at radius 3 is 2.47 bits per heavy atom. The molecule has 0 spiro atoms. The minimum atomic E-state index is -3.16. The Kier molecular flexibility index (Phi) is 4.92. The first-order valence-corrected chi connectivity index (χ1v) is 8.16. The third kappa shape index (κ3) is 4.17. The second-order valence-electron chi connectivity index (χ2n) is 5.03. The van der Waals surface area contributed by atoms with Gasteiger partial charge in [0.15, 0.2) is 0 Å². The zero-order chi connectivity index (χ0) is 14.8. The Morgan fingerprint density at radius 2 is 2.05 bits per heavy atom. The van der Waals surface area contributed by atoms with Gasteiger partial charge in [-0.15, -0.1) is 0 Å². The van der Waals surface area contributed by atoms with Gasteiger partial charge in [0.25, 0.3) is 0 Å².